The van der Waals surface area contributed by atoms with Gasteiger partial charge in [-0.05, 0) is 42.0 Å². The highest BCUT2D eigenvalue weighted by Gasteiger charge is 2.18. The van der Waals surface area contributed by atoms with Crippen molar-refractivity contribution < 1.29 is 28.9 Å². The van der Waals surface area contributed by atoms with Crippen molar-refractivity contribution in [1.82, 2.24) is 5.32 Å². The minimum atomic E-state index is -1.34. The normalized spacial score (nSPS) is 11.0. The van der Waals surface area contributed by atoms with Crippen LogP contribution in [0.15, 0.2) is 36.0 Å². The molecule has 7 nitrogen and oxygen atoms in total. The van der Waals surface area contributed by atoms with Gasteiger partial charge in [-0.25, -0.2) is 4.79 Å². The number of halogens is 2. The minimum Gasteiger partial charge on any atom is -0.493 e. The predicted molar refractivity (Wildman–Crippen MR) is 106 cm³/mol. The lowest BCUT2D eigenvalue weighted by molar-refractivity contribution is -0.132. The quantitative estimate of drug-likeness (QED) is 0.653. The van der Waals surface area contributed by atoms with E-state index in [0.29, 0.717) is 27.8 Å². The van der Waals surface area contributed by atoms with E-state index < -0.39 is 11.9 Å². The molecule has 0 atom stereocenters. The Bertz CT molecular complexity index is 917. The van der Waals surface area contributed by atoms with E-state index in [0.717, 1.165) is 0 Å². The first kappa shape index (κ1) is 21.4. The van der Waals surface area contributed by atoms with Crippen molar-refractivity contribution in [3.63, 3.8) is 0 Å². The van der Waals surface area contributed by atoms with Crippen LogP contribution in [-0.2, 0) is 4.79 Å². The highest BCUT2D eigenvalue weighted by molar-refractivity contribution is 6.36. The first-order chi connectivity index (χ1) is 13.3. The Morgan fingerprint density at radius 1 is 1.00 bits per heavy atom. The monoisotopic (exact) mass is 425 g/mol. The summed E-state index contributed by atoms with van der Waals surface area (Å²) in [5, 5.41) is 12.3. The van der Waals surface area contributed by atoms with Crippen LogP contribution in [0.5, 0.6) is 17.2 Å². The van der Waals surface area contributed by atoms with Gasteiger partial charge in [0.05, 0.1) is 31.9 Å². The van der Waals surface area contributed by atoms with Gasteiger partial charge in [-0.2, -0.15) is 0 Å². The number of nitrogens with one attached hydrogen (secondary N) is 1. The molecule has 28 heavy (non-hydrogen) atoms. The van der Waals surface area contributed by atoms with Gasteiger partial charge in [-0.1, -0.05) is 23.2 Å². The van der Waals surface area contributed by atoms with E-state index >= 15 is 0 Å². The topological polar surface area (TPSA) is 94.1 Å². The lowest BCUT2D eigenvalue weighted by Crippen LogP contribution is -2.27. The van der Waals surface area contributed by atoms with Crippen molar-refractivity contribution in [2.75, 3.05) is 21.3 Å². The number of aliphatic carboxylic acids is 1. The number of rotatable bonds is 7. The van der Waals surface area contributed by atoms with Crippen LogP contribution in [0, 0.1) is 0 Å². The van der Waals surface area contributed by atoms with E-state index in [9.17, 15) is 14.7 Å². The van der Waals surface area contributed by atoms with Crippen LogP contribution in [0.2, 0.25) is 10.0 Å². The summed E-state index contributed by atoms with van der Waals surface area (Å²) in [5.41, 5.74) is 0.128. The summed E-state index contributed by atoms with van der Waals surface area (Å²) in [4.78, 5) is 24.0. The molecule has 2 aromatic rings. The fourth-order valence-electron chi connectivity index (χ4n) is 2.37. The van der Waals surface area contributed by atoms with Gasteiger partial charge in [0.2, 0.25) is 5.75 Å². The second-order valence-corrected chi connectivity index (χ2v) is 6.24. The van der Waals surface area contributed by atoms with Crippen LogP contribution >= 0.6 is 23.2 Å². The van der Waals surface area contributed by atoms with Gasteiger partial charge in [-0.3, -0.25) is 4.79 Å². The summed E-state index contributed by atoms with van der Waals surface area (Å²) in [7, 11) is 4.33. The number of hydrogen-bond donors (Lipinski definition) is 2. The van der Waals surface area contributed by atoms with Gasteiger partial charge < -0.3 is 24.6 Å². The Morgan fingerprint density at radius 3 is 2.07 bits per heavy atom. The van der Waals surface area contributed by atoms with Crippen molar-refractivity contribution in [3.05, 3.63) is 57.2 Å². The van der Waals surface area contributed by atoms with Gasteiger partial charge in [0.25, 0.3) is 5.91 Å². The fraction of sp³-hybridized carbons (Fsp3) is 0.158. The average molecular weight is 426 g/mol. The molecule has 0 spiro atoms. The molecule has 0 fully saturated rings. The Hall–Kier alpha value is -2.90. The Labute approximate surface area is 171 Å². The van der Waals surface area contributed by atoms with E-state index in [2.05, 4.69) is 5.32 Å². The zero-order chi connectivity index (χ0) is 20.8. The molecule has 148 valence electrons. The molecule has 0 bridgehead atoms. The van der Waals surface area contributed by atoms with Crippen LogP contribution in [0.1, 0.15) is 15.9 Å². The molecular weight excluding hydrogens is 409 g/mol. The number of hydrogen-bond acceptors (Lipinski definition) is 5. The summed E-state index contributed by atoms with van der Waals surface area (Å²) in [6.45, 7) is 0. The van der Waals surface area contributed by atoms with Crippen molar-refractivity contribution in [1.29, 1.82) is 0 Å². The van der Waals surface area contributed by atoms with Crippen LogP contribution in [-0.4, -0.2) is 38.3 Å². The van der Waals surface area contributed by atoms with Gasteiger partial charge in [0.15, 0.2) is 11.5 Å². The number of carbonyl (C=O) groups excluding carboxylic acids is 1. The molecular formula is C19H17Cl2NO6. The third kappa shape index (κ3) is 4.88. The molecule has 2 rings (SSSR count). The average Bonchev–Trinajstić information content (AvgIpc) is 2.66. The number of amides is 1. The first-order valence-electron chi connectivity index (χ1n) is 7.82. The number of benzene rings is 2. The lowest BCUT2D eigenvalue weighted by atomic mass is 10.1. The number of carboxylic acids is 1. The fourth-order valence-corrected chi connectivity index (χ4v) is 2.86. The smallest absolute Gasteiger partial charge is 0.352 e. The summed E-state index contributed by atoms with van der Waals surface area (Å²) < 4.78 is 15.7. The maximum Gasteiger partial charge on any atom is 0.352 e. The van der Waals surface area contributed by atoms with Gasteiger partial charge in [0.1, 0.15) is 5.70 Å². The molecule has 0 aliphatic rings. The Balaban J connectivity index is 2.42. The molecule has 2 aromatic carbocycles. The van der Waals surface area contributed by atoms with E-state index in [4.69, 9.17) is 37.4 Å². The third-order valence-electron chi connectivity index (χ3n) is 3.65. The predicted octanol–water partition coefficient (Wildman–Crippen LogP) is 3.87. The maximum atomic E-state index is 12.4. The highest BCUT2D eigenvalue weighted by atomic mass is 35.5. The zero-order valence-corrected chi connectivity index (χ0v) is 16.7. The van der Waals surface area contributed by atoms with Gasteiger partial charge in [0, 0.05) is 5.02 Å². The van der Waals surface area contributed by atoms with Crippen molar-refractivity contribution >= 4 is 41.2 Å². The summed E-state index contributed by atoms with van der Waals surface area (Å²) in [5.74, 6) is -0.999. The van der Waals surface area contributed by atoms with Crippen LogP contribution < -0.4 is 19.5 Å². The SMILES string of the molecule is COc1cc(C=C(NC(=O)c2ccc(Cl)cc2Cl)C(=O)O)cc(OC)c1OC. The molecule has 0 radical (unpaired) electrons. The zero-order valence-electron chi connectivity index (χ0n) is 15.2. The van der Waals surface area contributed by atoms with Crippen molar-refractivity contribution in [2.45, 2.75) is 0 Å². The van der Waals surface area contributed by atoms with Crippen LogP contribution in [0.4, 0.5) is 0 Å². The van der Waals surface area contributed by atoms with Crippen molar-refractivity contribution in [3.8, 4) is 17.2 Å². The largest absolute Gasteiger partial charge is 0.493 e. The van der Waals surface area contributed by atoms with E-state index in [1.165, 1.54) is 45.6 Å². The van der Waals surface area contributed by atoms with Gasteiger partial charge in [-0.15, -0.1) is 0 Å². The summed E-state index contributed by atoms with van der Waals surface area (Å²) in [6, 6.07) is 7.36. The Morgan fingerprint density at radius 2 is 1.61 bits per heavy atom. The first-order valence-corrected chi connectivity index (χ1v) is 8.57. The second kappa shape index (κ2) is 9.34. The van der Waals surface area contributed by atoms with E-state index in [1.54, 1.807) is 12.1 Å². The molecule has 0 heterocycles. The number of ether oxygens (including phenoxy) is 3. The third-order valence-corrected chi connectivity index (χ3v) is 4.20. The molecule has 2 N–H and O–H groups in total. The highest BCUT2D eigenvalue weighted by Crippen LogP contribution is 2.38. The molecule has 1 amide bonds. The van der Waals surface area contributed by atoms with Crippen LogP contribution in [0.25, 0.3) is 6.08 Å². The molecule has 0 aromatic heterocycles. The van der Waals surface area contributed by atoms with Gasteiger partial charge >= 0.3 is 5.97 Å². The Kier molecular flexibility index (Phi) is 7.14. The molecule has 0 unspecified atom stereocenters. The maximum absolute atomic E-state index is 12.4. The molecule has 0 saturated carbocycles. The van der Waals surface area contributed by atoms with Crippen LogP contribution in [0.3, 0.4) is 0 Å². The molecule has 0 aliphatic heterocycles. The van der Waals surface area contributed by atoms with E-state index in [-0.39, 0.29) is 16.3 Å². The molecule has 9 heteroatoms. The summed E-state index contributed by atoms with van der Waals surface area (Å²) in [6.07, 6.45) is 1.26. The second-order valence-electron chi connectivity index (χ2n) is 5.40. The standard InChI is InChI=1S/C19H17Cl2NO6/c1-26-15-7-10(8-16(27-2)17(15)28-3)6-14(19(24)25)22-18(23)12-5-4-11(20)9-13(12)21/h4-9H,1-3H3,(H,22,23)(H,24,25). The number of methoxy groups -OCH3 is 3. The summed E-state index contributed by atoms with van der Waals surface area (Å²) >= 11 is 11.8. The number of carboxylic acid groups (broad SMARTS) is 1. The van der Waals surface area contributed by atoms with Crippen molar-refractivity contribution in [2.24, 2.45) is 0 Å². The number of carbonyl (C=O) groups is 2. The molecule has 0 saturated heterocycles. The van der Waals surface area contributed by atoms with E-state index in [1.807, 2.05) is 0 Å². The molecule has 0 aliphatic carbocycles. The minimum absolute atomic E-state index is 0.0862. The lowest BCUT2D eigenvalue weighted by Gasteiger charge is -2.13.